The van der Waals surface area contributed by atoms with Gasteiger partial charge >= 0.3 is 0 Å². The maximum absolute atomic E-state index is 15.7. The van der Waals surface area contributed by atoms with Crippen LogP contribution in [0.4, 0.5) is 0 Å². The number of hydrogen-bond acceptors (Lipinski definition) is 20. The molecule has 0 aliphatic carbocycles. The first-order chi connectivity index (χ1) is 52.8. The van der Waals surface area contributed by atoms with E-state index < -0.39 is 143 Å². The van der Waals surface area contributed by atoms with Gasteiger partial charge in [-0.2, -0.15) is 0 Å². The number of fused-ring (bicyclic) bond motifs is 6. The van der Waals surface area contributed by atoms with Gasteiger partial charge in [0.2, 0.25) is 59.1 Å². The van der Waals surface area contributed by atoms with Gasteiger partial charge in [0.25, 0.3) is 5.91 Å². The molecular weight excluding hydrogens is 1440 g/mol. The van der Waals surface area contributed by atoms with Crippen LogP contribution in [0.25, 0.3) is 21.8 Å². The fourth-order valence-electron chi connectivity index (χ4n) is 13.0. The van der Waals surface area contributed by atoms with Crippen molar-refractivity contribution in [1.82, 2.24) is 93.7 Å². The Morgan fingerprint density at radius 2 is 0.780 bits per heavy atom. The Labute approximate surface area is 638 Å². The van der Waals surface area contributed by atoms with Gasteiger partial charge in [-0.1, -0.05) is 88.3 Å². The van der Waals surface area contributed by atoms with Gasteiger partial charge in [-0.25, -0.2) is 9.97 Å². The minimum Gasteiger partial charge on any atom is -0.361 e. The van der Waals surface area contributed by atoms with Gasteiger partial charge in [-0.15, -0.1) is 0 Å². The van der Waals surface area contributed by atoms with Gasteiger partial charge in [0.15, 0.2) is 5.37 Å². The number of benzene rings is 3. The molecule has 2 aliphatic rings. The summed E-state index contributed by atoms with van der Waals surface area (Å²) in [6.45, 7) is 2.35. The number of nitrogens with zero attached hydrogens (tertiary/aromatic N) is 2. The van der Waals surface area contributed by atoms with Crippen LogP contribution in [0.5, 0.6) is 0 Å². The largest absolute Gasteiger partial charge is 0.361 e. The molecule has 4 aromatic heterocycles. The predicted molar refractivity (Wildman–Crippen MR) is 414 cm³/mol. The average Bonchev–Trinajstić information content (AvgIpc) is 1.67. The molecule has 33 nitrogen and oxygen atoms in total. The van der Waals surface area contributed by atoms with Crippen LogP contribution in [0.3, 0.4) is 0 Å². The summed E-state index contributed by atoms with van der Waals surface area (Å²) in [7, 11) is 1.61. The SMILES string of the molecule is C[C@@H]1NC(=O)[C@@H]2CSSC(NC(=O)[C@H](Cc3c[nH]c4ccccc34)NC(=O)[C@H](CCCCN)NC(=O)[C@H](CCCCN)NC(=O)[C@H](CCCCN)NC1=O)C(=O)N[C@@H](CCCCN)N[C@@H](Cc1cnc[nH]1)C(=O)N[C@H](Cc1ccccc1)C(=O)N[C@@H](Cc1cnc[nH]1)C(=O)N[C@@H](Cc1c[nH]c3ccccc13)C(=O)N2. The van der Waals surface area contributed by atoms with Crippen LogP contribution in [0.1, 0.15) is 112 Å². The van der Waals surface area contributed by atoms with Crippen molar-refractivity contribution < 1.29 is 52.7 Å². The number of aromatic amines is 4. The second-order valence-corrected chi connectivity index (χ2v) is 29.8. The molecule has 24 N–H and O–H groups in total. The van der Waals surface area contributed by atoms with E-state index in [2.05, 4.69) is 93.7 Å². The Bertz CT molecular complexity index is 4150. The highest BCUT2D eigenvalue weighted by atomic mass is 33.1. The number of carbonyl (C=O) groups excluding carboxylic acids is 11. The second kappa shape index (κ2) is 42.5. The summed E-state index contributed by atoms with van der Waals surface area (Å²) in [5.74, 6) is -9.60. The lowest BCUT2D eigenvalue weighted by Gasteiger charge is -2.30. The van der Waals surface area contributed by atoms with Gasteiger partial charge in [-0.05, 0) is 139 Å². The maximum Gasteiger partial charge on any atom is 0.255 e. The number of H-pyrrole nitrogens is 4. The lowest BCUT2D eigenvalue weighted by atomic mass is 10.0. The molecule has 7 aromatic rings. The number of unbranched alkanes of at least 4 members (excludes halogenated alkanes) is 4. The van der Waals surface area contributed by atoms with Crippen LogP contribution in [0.15, 0.2) is 116 Å². The van der Waals surface area contributed by atoms with Crippen LogP contribution in [-0.2, 0) is 84.8 Å². The number of nitrogens with two attached hydrogens (primary N) is 4. The quantitative estimate of drug-likeness (QED) is 0.0246. The van der Waals surface area contributed by atoms with Crippen molar-refractivity contribution in [3.63, 3.8) is 0 Å². The van der Waals surface area contributed by atoms with Gasteiger partial charge in [0.05, 0.1) is 24.9 Å². The van der Waals surface area contributed by atoms with E-state index in [1.54, 1.807) is 54.9 Å². The minimum absolute atomic E-state index is 0.0255. The summed E-state index contributed by atoms with van der Waals surface area (Å²) in [5, 5.41) is 34.5. The monoisotopic (exact) mass is 1540 g/mol. The molecule has 0 spiro atoms. The number of nitrogens with one attached hydrogen (secondary N) is 16. The molecule has 0 saturated carbocycles. The average molecular weight is 1540 g/mol. The summed E-state index contributed by atoms with van der Waals surface area (Å²) in [6, 6.07) is 9.14. The lowest BCUT2D eigenvalue weighted by molar-refractivity contribution is -0.136. The zero-order chi connectivity index (χ0) is 77.6. The van der Waals surface area contributed by atoms with Crippen molar-refractivity contribution in [1.29, 1.82) is 0 Å². The van der Waals surface area contributed by atoms with Crippen LogP contribution in [0, 0.1) is 0 Å². The number of amides is 11. The van der Waals surface area contributed by atoms with Gasteiger partial charge in [0, 0.05) is 95.8 Å². The highest BCUT2D eigenvalue weighted by Crippen LogP contribution is 2.29. The molecule has 586 valence electrons. The Morgan fingerprint density at radius 3 is 1.27 bits per heavy atom. The highest BCUT2D eigenvalue weighted by molar-refractivity contribution is 8.77. The van der Waals surface area contributed by atoms with E-state index in [-0.39, 0.29) is 84.0 Å². The Balaban J connectivity index is 1.19. The molecule has 1 unspecified atom stereocenters. The molecular formula is C74H102N22O11S2. The summed E-state index contributed by atoms with van der Waals surface area (Å²) in [5.41, 5.74) is 27.9. The number of aromatic nitrogens is 6. The molecule has 2 bridgehead atoms. The number of hydrogen-bond donors (Lipinski definition) is 20. The zero-order valence-corrected chi connectivity index (χ0v) is 62.6. The van der Waals surface area contributed by atoms with Crippen molar-refractivity contribution in [3.8, 4) is 0 Å². The number of para-hydroxylation sites is 2. The third-order valence-corrected chi connectivity index (χ3v) is 21.5. The lowest BCUT2D eigenvalue weighted by Crippen LogP contribution is -2.62. The summed E-state index contributed by atoms with van der Waals surface area (Å²) < 4.78 is 0. The maximum atomic E-state index is 15.7. The Hall–Kier alpha value is -10.2. The third-order valence-electron chi connectivity index (χ3n) is 19.0. The molecule has 2 saturated heterocycles. The molecule has 9 rings (SSSR count). The van der Waals surface area contributed by atoms with E-state index in [9.17, 15) is 14.4 Å². The fourth-order valence-corrected chi connectivity index (χ4v) is 15.3. The second-order valence-electron chi connectivity index (χ2n) is 27.3. The zero-order valence-electron chi connectivity index (χ0n) is 61.0. The van der Waals surface area contributed by atoms with E-state index >= 15 is 38.4 Å². The van der Waals surface area contributed by atoms with Crippen molar-refractivity contribution in [2.75, 3.05) is 31.9 Å². The standard InChI is InChI=1S/C74H102N22O11S2/c1-43-63(97)87-53(23-9-13-27-75)64(98)88-54(24-10-14-28-76)65(99)89-55(25-11-15-29-77)66(100)91-58(33-46-37-82-52-22-8-6-20-50(46)52)71(105)96-74-73(107)95-62(26-12-16-30-78)86-59(34-47-38-79-41-83-47)69(103)90-56(31-44-17-3-2-4-18-44)67(101)93-60(35-48-39-80-42-84-48)70(104)92-57(32-45-36-81-51-21-7-5-19-49(45)51)68(102)94-61(40-108-109-74)72(106)85-43/h2-8,17-22,36-39,41-43,53-62,74,81-82,86H,9-16,23-35,40,75-78H2,1H3,(H,79,83)(H,80,84)(H,85,106)(H,87,97)(H,88,98)(H,89,99)(H,90,103)(H,91,100)(H,92,104)(H,93,101)(H,94,102)(H,95,107)(H,96,105)/t43-,53-,54-,55-,56+,57-,58-,59-,60-,61-,62-,74?/m0/s1. The number of carbonyl (C=O) groups is 11. The molecule has 2 aliphatic heterocycles. The van der Waals surface area contributed by atoms with Crippen molar-refractivity contribution in [3.05, 3.63) is 144 Å². The van der Waals surface area contributed by atoms with E-state index in [0.717, 1.165) is 21.6 Å². The van der Waals surface area contributed by atoms with Gasteiger partial charge in [0.1, 0.15) is 54.4 Å². The van der Waals surface area contributed by atoms with Crippen LogP contribution in [-0.4, -0.2) is 199 Å². The molecule has 35 heteroatoms. The molecule has 12 atom stereocenters. The van der Waals surface area contributed by atoms with Crippen molar-refractivity contribution in [2.45, 2.75) is 188 Å². The van der Waals surface area contributed by atoms with Crippen LogP contribution in [0.2, 0.25) is 0 Å². The summed E-state index contributed by atoms with van der Waals surface area (Å²) >= 11 is 0. The normalized spacial score (nSPS) is 24.0. The Kier molecular flexibility index (Phi) is 32.4. The van der Waals surface area contributed by atoms with Gasteiger partial charge in [-0.3, -0.25) is 58.1 Å². The van der Waals surface area contributed by atoms with E-state index in [4.69, 9.17) is 22.9 Å². The van der Waals surface area contributed by atoms with Gasteiger partial charge < -0.3 is 101 Å². The summed E-state index contributed by atoms with van der Waals surface area (Å²) in [4.78, 5) is 188. The van der Waals surface area contributed by atoms with E-state index in [1.807, 2.05) is 36.4 Å². The molecule has 6 heterocycles. The van der Waals surface area contributed by atoms with E-state index in [0.29, 0.717) is 101 Å². The molecule has 2 fully saturated rings. The first-order valence-corrected chi connectivity index (χ1v) is 39.5. The first-order valence-electron chi connectivity index (χ1n) is 37.1. The molecule has 11 amide bonds. The van der Waals surface area contributed by atoms with Crippen molar-refractivity contribution in [2.24, 2.45) is 22.9 Å². The molecule has 0 radical (unpaired) electrons. The smallest absolute Gasteiger partial charge is 0.255 e. The highest BCUT2D eigenvalue weighted by Gasteiger charge is 2.39. The van der Waals surface area contributed by atoms with Crippen molar-refractivity contribution >= 4 is 108 Å². The van der Waals surface area contributed by atoms with E-state index in [1.165, 1.54) is 32.0 Å². The van der Waals surface area contributed by atoms with Crippen LogP contribution >= 0.6 is 21.6 Å². The fraction of sp³-hybridized carbons (Fsp3) is 0.473. The number of imidazole rings is 2. The molecule has 3 aromatic carbocycles. The number of rotatable bonds is 26. The third kappa shape index (κ3) is 24.9. The first kappa shape index (κ1) is 82.9. The Morgan fingerprint density at radius 1 is 0.376 bits per heavy atom. The molecule has 109 heavy (non-hydrogen) atoms. The topological polar surface area (TPSA) is 525 Å². The minimum atomic E-state index is -1.66. The predicted octanol–water partition coefficient (Wildman–Crippen LogP) is -0.241. The summed E-state index contributed by atoms with van der Waals surface area (Å²) in [6.07, 6.45) is 10.7. The van der Waals surface area contributed by atoms with Crippen LogP contribution < -0.4 is 86.7 Å².